The molecule has 3 aromatic rings. The van der Waals surface area contributed by atoms with Crippen molar-refractivity contribution in [1.29, 1.82) is 0 Å². The maximum Gasteiger partial charge on any atom is 0.412 e. The number of hydrogen-bond acceptors (Lipinski definition) is 5. The number of nitrogen functional groups attached to an aromatic ring is 1. The molecule has 0 saturated carbocycles. The molecule has 3 rings (SSSR count). The number of amides is 1. The van der Waals surface area contributed by atoms with Crippen LogP contribution in [0.25, 0.3) is 22.0 Å². The maximum absolute atomic E-state index is 12.3. The lowest BCUT2D eigenvalue weighted by Crippen LogP contribution is -2.36. The van der Waals surface area contributed by atoms with Crippen LogP contribution in [-0.4, -0.2) is 42.2 Å². The number of nitrogens with one attached hydrogen (secondary N) is 1. The summed E-state index contributed by atoms with van der Waals surface area (Å²) in [4.78, 5) is 19.1. The molecule has 0 unspecified atom stereocenters. The number of nitrogens with zero attached hydrogens (tertiary/aromatic N) is 2. The van der Waals surface area contributed by atoms with Gasteiger partial charge in [-0.1, -0.05) is 44.2 Å². The number of rotatable bonds is 7. The lowest BCUT2D eigenvalue weighted by molar-refractivity contribution is 0.198. The zero-order valence-corrected chi connectivity index (χ0v) is 17.2. The number of carbonyl (C=O) groups excluding carboxylic acids is 1. The third-order valence-corrected chi connectivity index (χ3v) is 5.06. The molecule has 3 N–H and O–H groups in total. The lowest BCUT2D eigenvalue weighted by Gasteiger charge is -2.18. The number of anilines is 1. The van der Waals surface area contributed by atoms with Crippen molar-refractivity contribution in [3.05, 3.63) is 54.2 Å². The number of carbonyl (C=O) groups is 1. The van der Waals surface area contributed by atoms with Gasteiger partial charge in [-0.3, -0.25) is 4.98 Å². The average Bonchev–Trinajstić information content (AvgIpc) is 2.72. The zero-order valence-electron chi connectivity index (χ0n) is 17.2. The fraction of sp³-hybridized carbons (Fsp3) is 0.304. The van der Waals surface area contributed by atoms with Crippen LogP contribution in [0.3, 0.4) is 0 Å². The molecule has 0 aliphatic rings. The molecule has 6 nitrogen and oxygen atoms in total. The predicted molar refractivity (Wildman–Crippen MR) is 118 cm³/mol. The Hall–Kier alpha value is -3.12. The van der Waals surface area contributed by atoms with Crippen molar-refractivity contribution in [3.63, 3.8) is 0 Å². The van der Waals surface area contributed by atoms with Crippen LogP contribution >= 0.6 is 0 Å². The van der Waals surface area contributed by atoms with Crippen molar-refractivity contribution in [2.75, 3.05) is 31.9 Å². The van der Waals surface area contributed by atoms with Crippen LogP contribution in [-0.2, 0) is 0 Å². The normalized spacial score (nSPS) is 11.0. The molecule has 0 atom stereocenters. The quantitative estimate of drug-likeness (QED) is 0.589. The Labute approximate surface area is 171 Å². The predicted octanol–water partition coefficient (Wildman–Crippen LogP) is 4.22. The summed E-state index contributed by atoms with van der Waals surface area (Å²) in [5, 5.41) is 4.58. The van der Waals surface area contributed by atoms with E-state index in [0.29, 0.717) is 12.3 Å². The van der Waals surface area contributed by atoms with Crippen LogP contribution in [0.15, 0.2) is 48.7 Å². The summed E-state index contributed by atoms with van der Waals surface area (Å²) in [5.41, 5.74) is 9.50. The largest absolute Gasteiger partial charge is 0.412 e. The molecule has 6 heteroatoms. The minimum Gasteiger partial charge on any atom is -0.408 e. The monoisotopic (exact) mass is 392 g/mol. The Morgan fingerprint density at radius 2 is 1.86 bits per heavy atom. The van der Waals surface area contributed by atoms with Gasteiger partial charge < -0.3 is 20.7 Å². The van der Waals surface area contributed by atoms with Gasteiger partial charge in [0.05, 0.1) is 11.9 Å². The summed E-state index contributed by atoms with van der Waals surface area (Å²) in [7, 11) is 0. The van der Waals surface area contributed by atoms with Crippen LogP contribution in [0.4, 0.5) is 10.5 Å². The number of nitrogens with two attached hydrogens (primary N) is 1. The highest BCUT2D eigenvalue weighted by Crippen LogP contribution is 2.34. The molecule has 0 bridgehead atoms. The minimum atomic E-state index is -0.472. The van der Waals surface area contributed by atoms with Gasteiger partial charge in [0.15, 0.2) is 5.75 Å². The van der Waals surface area contributed by atoms with Gasteiger partial charge in [-0.05, 0) is 37.7 Å². The van der Waals surface area contributed by atoms with E-state index in [9.17, 15) is 4.79 Å². The highest BCUT2D eigenvalue weighted by atomic mass is 16.6. The third kappa shape index (κ3) is 4.84. The molecule has 0 fully saturated rings. The number of likely N-dealkylation sites (N-methyl/N-ethyl adjacent to an activating group) is 1. The molecule has 0 spiro atoms. The van der Waals surface area contributed by atoms with Gasteiger partial charge in [-0.25, -0.2) is 4.79 Å². The number of hydrogen-bond donors (Lipinski definition) is 2. The molecular weight excluding hydrogens is 364 g/mol. The topological polar surface area (TPSA) is 80.5 Å². The Kier molecular flexibility index (Phi) is 6.67. The van der Waals surface area contributed by atoms with Gasteiger partial charge in [0, 0.05) is 35.1 Å². The van der Waals surface area contributed by atoms with E-state index in [1.165, 1.54) is 0 Å². The molecule has 1 amide bonds. The summed E-state index contributed by atoms with van der Waals surface area (Å²) in [6.07, 6.45) is 1.14. The number of fused-ring (bicyclic) bond motifs is 1. The Morgan fingerprint density at radius 3 is 2.55 bits per heavy atom. The van der Waals surface area contributed by atoms with E-state index in [1.807, 2.05) is 49.4 Å². The van der Waals surface area contributed by atoms with E-state index in [4.69, 9.17) is 10.5 Å². The highest BCUT2D eigenvalue weighted by Gasteiger charge is 2.14. The van der Waals surface area contributed by atoms with Gasteiger partial charge in [0.25, 0.3) is 0 Å². The first-order chi connectivity index (χ1) is 14.0. The van der Waals surface area contributed by atoms with E-state index < -0.39 is 6.09 Å². The van der Waals surface area contributed by atoms with E-state index >= 15 is 0 Å². The van der Waals surface area contributed by atoms with Crippen LogP contribution in [0.2, 0.25) is 0 Å². The Morgan fingerprint density at radius 1 is 1.14 bits per heavy atom. The molecule has 0 aliphatic heterocycles. The summed E-state index contributed by atoms with van der Waals surface area (Å²) in [6, 6.07) is 13.6. The fourth-order valence-electron chi connectivity index (χ4n) is 3.41. The Bertz CT molecular complexity index is 999. The van der Waals surface area contributed by atoms with Crippen molar-refractivity contribution < 1.29 is 9.53 Å². The number of ether oxygens (including phenoxy) is 1. The highest BCUT2D eigenvalue weighted by molar-refractivity contribution is 5.99. The second-order valence-electron chi connectivity index (χ2n) is 6.93. The van der Waals surface area contributed by atoms with E-state index in [1.54, 1.807) is 6.20 Å². The molecular formula is C23H28N4O2. The van der Waals surface area contributed by atoms with Gasteiger partial charge in [0.1, 0.15) is 0 Å². The standard InChI is InChI=1S/C23H28N4O2/c1-4-27(5-2)13-12-25-23(28)29-21-15-26-22(20-9-7-6-8-19(20)21)18-11-10-17(24)14-16(18)3/h6-11,14-15H,4-5,12-13,24H2,1-3H3,(H,25,28). The van der Waals surface area contributed by atoms with Gasteiger partial charge in [-0.2, -0.15) is 0 Å². The summed E-state index contributed by atoms with van der Waals surface area (Å²) in [6.45, 7) is 9.44. The van der Waals surface area contributed by atoms with Crippen molar-refractivity contribution in [1.82, 2.24) is 15.2 Å². The van der Waals surface area contributed by atoms with Crippen molar-refractivity contribution in [2.45, 2.75) is 20.8 Å². The van der Waals surface area contributed by atoms with Crippen LogP contribution < -0.4 is 15.8 Å². The number of benzene rings is 2. The zero-order chi connectivity index (χ0) is 20.8. The van der Waals surface area contributed by atoms with E-state index in [-0.39, 0.29) is 0 Å². The van der Waals surface area contributed by atoms with Gasteiger partial charge >= 0.3 is 6.09 Å². The minimum absolute atomic E-state index is 0.442. The second kappa shape index (κ2) is 9.39. The van der Waals surface area contributed by atoms with E-state index in [2.05, 4.69) is 29.0 Å². The number of pyridine rings is 1. The molecule has 1 aromatic heterocycles. The third-order valence-electron chi connectivity index (χ3n) is 5.06. The average molecular weight is 393 g/mol. The number of aryl methyl sites for hydroxylation is 1. The molecule has 0 saturated heterocycles. The first-order valence-corrected chi connectivity index (χ1v) is 9.95. The van der Waals surface area contributed by atoms with Crippen molar-refractivity contribution >= 4 is 22.6 Å². The first-order valence-electron chi connectivity index (χ1n) is 9.95. The van der Waals surface area contributed by atoms with Crippen LogP contribution in [0.1, 0.15) is 19.4 Å². The van der Waals surface area contributed by atoms with Gasteiger partial charge in [-0.15, -0.1) is 0 Å². The van der Waals surface area contributed by atoms with Crippen LogP contribution in [0.5, 0.6) is 5.75 Å². The SMILES string of the molecule is CCN(CC)CCNC(=O)Oc1cnc(-c2ccc(N)cc2C)c2ccccc12. The molecule has 2 aromatic carbocycles. The Balaban J connectivity index is 1.83. The first kappa shape index (κ1) is 20.6. The maximum atomic E-state index is 12.3. The summed E-state index contributed by atoms with van der Waals surface area (Å²) < 4.78 is 5.57. The van der Waals surface area contributed by atoms with E-state index in [0.717, 1.165) is 52.9 Å². The summed E-state index contributed by atoms with van der Waals surface area (Å²) >= 11 is 0. The molecule has 152 valence electrons. The second-order valence-corrected chi connectivity index (χ2v) is 6.93. The van der Waals surface area contributed by atoms with Gasteiger partial charge in [0.2, 0.25) is 0 Å². The molecule has 0 radical (unpaired) electrons. The van der Waals surface area contributed by atoms with Crippen molar-refractivity contribution in [3.8, 4) is 17.0 Å². The summed E-state index contributed by atoms with van der Waals surface area (Å²) in [5.74, 6) is 0.442. The van der Waals surface area contributed by atoms with Crippen molar-refractivity contribution in [2.24, 2.45) is 0 Å². The lowest BCUT2D eigenvalue weighted by atomic mass is 9.99. The molecule has 1 heterocycles. The fourth-order valence-corrected chi connectivity index (χ4v) is 3.41. The smallest absolute Gasteiger partial charge is 0.408 e. The molecule has 0 aliphatic carbocycles. The number of aromatic nitrogens is 1. The van der Waals surface area contributed by atoms with Crippen LogP contribution in [0, 0.1) is 6.92 Å². The molecule has 29 heavy (non-hydrogen) atoms.